The number of nitrogens with one attached hydrogen (secondary N) is 2. The van der Waals surface area contributed by atoms with E-state index in [0.29, 0.717) is 9.75 Å². The van der Waals surface area contributed by atoms with Crippen LogP contribution in [0.3, 0.4) is 0 Å². The Hall–Kier alpha value is -3.52. The largest absolute Gasteiger partial charge is 0.447 e. The number of ether oxygens (including phenoxy) is 1. The topological polar surface area (TPSA) is 96.9 Å². The number of hydrazine groups is 1. The van der Waals surface area contributed by atoms with Crippen LogP contribution >= 0.6 is 11.3 Å². The summed E-state index contributed by atoms with van der Waals surface area (Å²) in [5.41, 5.74) is 9.09. The van der Waals surface area contributed by atoms with Crippen molar-refractivity contribution in [3.63, 3.8) is 0 Å². The second kappa shape index (κ2) is 8.46. The molecule has 0 saturated heterocycles. The zero-order valence-corrected chi connectivity index (χ0v) is 16.9. The third-order valence-electron chi connectivity index (χ3n) is 5.04. The summed E-state index contributed by atoms with van der Waals surface area (Å²) < 4.78 is 5.37. The van der Waals surface area contributed by atoms with Crippen LogP contribution in [-0.4, -0.2) is 18.6 Å². The van der Waals surface area contributed by atoms with E-state index in [0.717, 1.165) is 33.6 Å². The Labute approximate surface area is 177 Å². The number of carbonyl (C=O) groups excluding carboxylic acids is 2. The number of nitrogens with zero attached hydrogens (tertiary/aromatic N) is 1. The summed E-state index contributed by atoms with van der Waals surface area (Å²) in [6.07, 6.45) is -0.745. The van der Waals surface area contributed by atoms with E-state index < -0.39 is 18.0 Å². The number of fused-ring (bicyclic) bond motifs is 3. The van der Waals surface area contributed by atoms with Crippen molar-refractivity contribution >= 4 is 23.3 Å². The van der Waals surface area contributed by atoms with E-state index in [1.165, 1.54) is 0 Å². The first-order valence-electron chi connectivity index (χ1n) is 9.42. The lowest BCUT2D eigenvalue weighted by Gasteiger charge is -2.14. The second-order valence-electron chi connectivity index (χ2n) is 6.89. The molecular weight excluding hydrogens is 402 g/mol. The van der Waals surface area contributed by atoms with Crippen molar-refractivity contribution in [3.8, 4) is 11.1 Å². The average Bonchev–Trinajstić information content (AvgIpc) is 3.39. The lowest BCUT2D eigenvalue weighted by molar-refractivity contribution is 0.0912. The number of benzene rings is 2. The fourth-order valence-corrected chi connectivity index (χ4v) is 4.44. The second-order valence-corrected chi connectivity index (χ2v) is 8.00. The highest BCUT2D eigenvalue weighted by atomic mass is 32.1. The van der Waals surface area contributed by atoms with E-state index >= 15 is 0 Å². The molecule has 1 unspecified atom stereocenters. The maximum Gasteiger partial charge on any atom is 0.426 e. The molecule has 1 heterocycles. The first-order valence-corrected chi connectivity index (χ1v) is 10.2. The van der Waals surface area contributed by atoms with Gasteiger partial charge in [-0.1, -0.05) is 53.7 Å². The maximum absolute atomic E-state index is 12.2. The van der Waals surface area contributed by atoms with Gasteiger partial charge >= 0.3 is 6.09 Å². The van der Waals surface area contributed by atoms with Crippen molar-refractivity contribution in [3.05, 3.63) is 86.5 Å². The standard InChI is InChI=1S/C22H19N3O4S/c1-13(25-28)19-10-11-20(30-19)21(26)23-24-22(27)29-12-18-16-8-4-2-6-14(16)15-7-3-5-9-17(15)18/h2-11,13,18H,12H2,1H3,(H,23,26)(H,24,27). The minimum Gasteiger partial charge on any atom is -0.447 e. The number of hydrogen-bond donors (Lipinski definition) is 2. The Kier molecular flexibility index (Phi) is 5.58. The number of amides is 2. The molecule has 30 heavy (non-hydrogen) atoms. The number of rotatable bonds is 5. The third kappa shape index (κ3) is 3.81. The Balaban J connectivity index is 1.35. The average molecular weight is 421 g/mol. The van der Waals surface area contributed by atoms with Crippen molar-refractivity contribution in [2.75, 3.05) is 6.61 Å². The van der Waals surface area contributed by atoms with Gasteiger partial charge in [-0.15, -0.1) is 11.3 Å². The predicted octanol–water partition coefficient (Wildman–Crippen LogP) is 4.76. The summed E-state index contributed by atoms with van der Waals surface area (Å²) >= 11 is 1.15. The van der Waals surface area contributed by atoms with Gasteiger partial charge in [-0.3, -0.25) is 10.2 Å². The molecule has 1 atom stereocenters. The maximum atomic E-state index is 12.2. The molecule has 3 aromatic rings. The first kappa shape index (κ1) is 19.8. The van der Waals surface area contributed by atoms with Gasteiger partial charge in [-0.2, -0.15) is 4.91 Å². The van der Waals surface area contributed by atoms with E-state index in [2.05, 4.69) is 28.2 Å². The Morgan fingerprint density at radius 2 is 1.63 bits per heavy atom. The van der Waals surface area contributed by atoms with Crippen LogP contribution in [0.25, 0.3) is 11.1 Å². The fourth-order valence-electron chi connectivity index (χ4n) is 3.56. The molecule has 0 radical (unpaired) electrons. The van der Waals surface area contributed by atoms with E-state index in [1.807, 2.05) is 36.4 Å². The zero-order valence-electron chi connectivity index (χ0n) is 16.1. The van der Waals surface area contributed by atoms with Crippen LogP contribution in [0, 0.1) is 4.91 Å². The van der Waals surface area contributed by atoms with Crippen LogP contribution in [0.15, 0.2) is 65.8 Å². The van der Waals surface area contributed by atoms with Gasteiger partial charge in [0.05, 0.1) is 4.88 Å². The van der Waals surface area contributed by atoms with Gasteiger partial charge in [0.15, 0.2) is 0 Å². The molecule has 0 aliphatic heterocycles. The zero-order chi connectivity index (χ0) is 21.1. The highest BCUT2D eigenvalue weighted by Crippen LogP contribution is 2.44. The molecule has 8 heteroatoms. The lowest BCUT2D eigenvalue weighted by Crippen LogP contribution is -2.42. The Morgan fingerprint density at radius 1 is 1.00 bits per heavy atom. The molecule has 4 rings (SSSR count). The number of thiophene rings is 1. The molecule has 1 aliphatic carbocycles. The number of carbonyl (C=O) groups is 2. The van der Waals surface area contributed by atoms with Gasteiger partial charge in [0.25, 0.3) is 5.91 Å². The molecule has 2 aromatic carbocycles. The quantitative estimate of drug-likeness (QED) is 0.458. The summed E-state index contributed by atoms with van der Waals surface area (Å²) in [7, 11) is 0. The van der Waals surface area contributed by atoms with Gasteiger partial charge in [0, 0.05) is 10.8 Å². The number of hydrogen-bond acceptors (Lipinski definition) is 6. The molecule has 1 aromatic heterocycles. The van der Waals surface area contributed by atoms with Gasteiger partial charge < -0.3 is 4.74 Å². The molecule has 0 bridgehead atoms. The summed E-state index contributed by atoms with van der Waals surface area (Å²) in [5, 5.41) is 2.94. The molecule has 2 amide bonds. The van der Waals surface area contributed by atoms with Crippen molar-refractivity contribution < 1.29 is 14.3 Å². The van der Waals surface area contributed by atoms with Crippen molar-refractivity contribution in [1.29, 1.82) is 0 Å². The van der Waals surface area contributed by atoms with Crippen LogP contribution in [0.5, 0.6) is 0 Å². The van der Waals surface area contributed by atoms with Crippen LogP contribution in [0.1, 0.15) is 44.6 Å². The Bertz CT molecular complexity index is 1070. The van der Waals surface area contributed by atoms with E-state index in [-0.39, 0.29) is 12.5 Å². The lowest BCUT2D eigenvalue weighted by atomic mass is 9.98. The SMILES string of the molecule is CC(N=O)c1ccc(C(=O)NNC(=O)OCC2c3ccccc3-c3ccccc32)s1. The molecule has 0 saturated carbocycles. The van der Waals surface area contributed by atoms with E-state index in [1.54, 1.807) is 19.1 Å². The number of nitroso groups, excluding NO2 is 1. The molecule has 0 fully saturated rings. The minimum absolute atomic E-state index is 0.0592. The predicted molar refractivity (Wildman–Crippen MR) is 114 cm³/mol. The molecule has 152 valence electrons. The normalized spacial score (nSPS) is 13.1. The monoisotopic (exact) mass is 421 g/mol. The van der Waals surface area contributed by atoms with Gasteiger partial charge in [0.2, 0.25) is 0 Å². The summed E-state index contributed by atoms with van der Waals surface area (Å²) in [6.45, 7) is 1.80. The van der Waals surface area contributed by atoms with E-state index in [4.69, 9.17) is 4.74 Å². The van der Waals surface area contributed by atoms with Crippen LogP contribution < -0.4 is 10.9 Å². The van der Waals surface area contributed by atoms with Crippen LogP contribution in [-0.2, 0) is 4.74 Å². The fraction of sp³-hybridized carbons (Fsp3) is 0.182. The summed E-state index contributed by atoms with van der Waals surface area (Å²) in [4.78, 5) is 36.0. The molecular formula is C22H19N3O4S. The Morgan fingerprint density at radius 3 is 2.27 bits per heavy atom. The highest BCUT2D eigenvalue weighted by Gasteiger charge is 2.29. The molecule has 7 nitrogen and oxygen atoms in total. The van der Waals surface area contributed by atoms with Crippen LogP contribution in [0.4, 0.5) is 4.79 Å². The van der Waals surface area contributed by atoms with Crippen molar-refractivity contribution in [2.24, 2.45) is 5.18 Å². The molecule has 2 N–H and O–H groups in total. The van der Waals surface area contributed by atoms with Gasteiger partial charge in [-0.05, 0) is 41.3 Å². The molecule has 0 spiro atoms. The molecule has 1 aliphatic rings. The smallest absolute Gasteiger partial charge is 0.426 e. The highest BCUT2D eigenvalue weighted by molar-refractivity contribution is 7.14. The van der Waals surface area contributed by atoms with E-state index in [9.17, 15) is 14.5 Å². The van der Waals surface area contributed by atoms with Gasteiger partial charge in [-0.25, -0.2) is 10.2 Å². The third-order valence-corrected chi connectivity index (χ3v) is 6.30. The summed E-state index contributed by atoms with van der Waals surface area (Å²) in [5.74, 6) is -0.547. The minimum atomic E-state index is -0.745. The first-order chi connectivity index (χ1) is 14.6. The van der Waals surface area contributed by atoms with Crippen molar-refractivity contribution in [2.45, 2.75) is 18.9 Å². The summed E-state index contributed by atoms with van der Waals surface area (Å²) in [6, 6.07) is 18.8. The van der Waals surface area contributed by atoms with Crippen molar-refractivity contribution in [1.82, 2.24) is 10.9 Å². The van der Waals surface area contributed by atoms with Crippen LogP contribution in [0.2, 0.25) is 0 Å². The van der Waals surface area contributed by atoms with Gasteiger partial charge in [0.1, 0.15) is 12.6 Å².